The van der Waals surface area contributed by atoms with Gasteiger partial charge in [-0.05, 0) is 19.4 Å². The topological polar surface area (TPSA) is 49.8 Å². The Morgan fingerprint density at radius 2 is 2.21 bits per heavy atom. The van der Waals surface area contributed by atoms with E-state index in [1.807, 2.05) is 0 Å². The predicted molar refractivity (Wildman–Crippen MR) is 53.3 cm³/mol. The number of rotatable bonds is 8. The largest absolute Gasteiger partial charge is 0.481 e. The Labute approximate surface area is 84.8 Å². The molecular weight excluding hydrogens is 182 g/mol. The first-order valence-electron chi connectivity index (χ1n) is 5.27. The van der Waals surface area contributed by atoms with Gasteiger partial charge in [-0.3, -0.25) is 9.69 Å². The molecule has 0 aromatic rings. The molecule has 4 nitrogen and oxygen atoms in total. The van der Waals surface area contributed by atoms with E-state index in [9.17, 15) is 4.79 Å². The smallest absolute Gasteiger partial charge is 0.305 e. The van der Waals surface area contributed by atoms with E-state index in [4.69, 9.17) is 9.84 Å². The van der Waals surface area contributed by atoms with Crippen molar-refractivity contribution >= 4 is 5.97 Å². The maximum atomic E-state index is 10.2. The van der Waals surface area contributed by atoms with Gasteiger partial charge in [-0.2, -0.15) is 0 Å². The van der Waals surface area contributed by atoms with Crippen LogP contribution in [0.25, 0.3) is 0 Å². The Hall–Kier alpha value is -0.610. The Kier molecular flexibility index (Phi) is 4.90. The molecule has 0 aromatic heterocycles. The van der Waals surface area contributed by atoms with Gasteiger partial charge in [0.15, 0.2) is 0 Å². The molecule has 0 aliphatic heterocycles. The van der Waals surface area contributed by atoms with Gasteiger partial charge in [-0.1, -0.05) is 6.92 Å². The molecule has 1 saturated carbocycles. The van der Waals surface area contributed by atoms with Crippen LogP contribution in [0.1, 0.15) is 26.2 Å². The molecule has 0 spiro atoms. The minimum absolute atomic E-state index is 0.107. The van der Waals surface area contributed by atoms with Crippen molar-refractivity contribution in [3.05, 3.63) is 0 Å². The van der Waals surface area contributed by atoms with Gasteiger partial charge in [0, 0.05) is 12.6 Å². The molecule has 0 heterocycles. The molecule has 1 fully saturated rings. The Morgan fingerprint density at radius 3 is 2.71 bits per heavy atom. The quantitative estimate of drug-likeness (QED) is 0.594. The fourth-order valence-corrected chi connectivity index (χ4v) is 1.48. The van der Waals surface area contributed by atoms with E-state index in [2.05, 4.69) is 11.8 Å². The van der Waals surface area contributed by atoms with Crippen molar-refractivity contribution in [2.45, 2.75) is 32.2 Å². The number of nitrogens with zero attached hydrogens (tertiary/aromatic N) is 1. The maximum absolute atomic E-state index is 10.2. The van der Waals surface area contributed by atoms with Crippen LogP contribution in [0.4, 0.5) is 0 Å². The van der Waals surface area contributed by atoms with Gasteiger partial charge in [0.1, 0.15) is 0 Å². The number of carboxylic acids is 1. The molecule has 1 rings (SSSR count). The first-order chi connectivity index (χ1) is 6.74. The summed E-state index contributed by atoms with van der Waals surface area (Å²) in [5.74, 6) is -0.792. The summed E-state index contributed by atoms with van der Waals surface area (Å²) in [5, 5.41) is 8.38. The molecule has 0 radical (unpaired) electrons. The molecule has 0 bridgehead atoms. The van der Waals surface area contributed by atoms with Crippen LogP contribution >= 0.6 is 0 Å². The number of aliphatic carboxylic acids is 1. The number of ether oxygens (including phenoxy) is 1. The molecule has 4 heteroatoms. The van der Waals surface area contributed by atoms with Crippen molar-refractivity contribution in [3.63, 3.8) is 0 Å². The van der Waals surface area contributed by atoms with Crippen LogP contribution in [0.3, 0.4) is 0 Å². The second kappa shape index (κ2) is 5.98. The molecule has 82 valence electrons. The van der Waals surface area contributed by atoms with Gasteiger partial charge < -0.3 is 9.84 Å². The third-order valence-corrected chi connectivity index (χ3v) is 2.45. The first-order valence-corrected chi connectivity index (χ1v) is 5.27. The minimum Gasteiger partial charge on any atom is -0.481 e. The van der Waals surface area contributed by atoms with Crippen molar-refractivity contribution in [1.29, 1.82) is 0 Å². The fraction of sp³-hybridized carbons (Fsp3) is 0.900. The summed E-state index contributed by atoms with van der Waals surface area (Å²) in [6.45, 7) is 5.12. The summed E-state index contributed by atoms with van der Waals surface area (Å²) in [7, 11) is 0. The Balaban J connectivity index is 1.93. The van der Waals surface area contributed by atoms with E-state index < -0.39 is 5.97 Å². The van der Waals surface area contributed by atoms with Gasteiger partial charge in [0.2, 0.25) is 0 Å². The highest BCUT2D eigenvalue weighted by atomic mass is 16.5. The second-order valence-corrected chi connectivity index (χ2v) is 3.62. The van der Waals surface area contributed by atoms with Gasteiger partial charge in [-0.15, -0.1) is 0 Å². The lowest BCUT2D eigenvalue weighted by Gasteiger charge is -2.19. The molecule has 0 amide bonds. The summed E-state index contributed by atoms with van der Waals surface area (Å²) < 4.78 is 5.23. The molecular formula is C10H19NO3. The summed E-state index contributed by atoms with van der Waals surface area (Å²) in [4.78, 5) is 12.6. The average Bonchev–Trinajstić information content (AvgIpc) is 2.94. The van der Waals surface area contributed by atoms with Crippen molar-refractivity contribution in [2.24, 2.45) is 0 Å². The van der Waals surface area contributed by atoms with E-state index in [-0.39, 0.29) is 6.42 Å². The Bertz CT molecular complexity index is 180. The SMILES string of the molecule is CCN(CCOCCC(=O)O)C1CC1. The monoisotopic (exact) mass is 201 g/mol. The highest BCUT2D eigenvalue weighted by Gasteiger charge is 2.27. The molecule has 0 unspecified atom stereocenters. The molecule has 1 aliphatic carbocycles. The highest BCUT2D eigenvalue weighted by Crippen LogP contribution is 2.25. The van der Waals surface area contributed by atoms with Crippen molar-refractivity contribution in [1.82, 2.24) is 4.90 Å². The Morgan fingerprint density at radius 1 is 1.50 bits per heavy atom. The summed E-state index contributed by atoms with van der Waals surface area (Å²) >= 11 is 0. The zero-order valence-corrected chi connectivity index (χ0v) is 8.74. The van der Waals surface area contributed by atoms with E-state index in [0.717, 1.165) is 19.1 Å². The summed E-state index contributed by atoms with van der Waals surface area (Å²) in [5.41, 5.74) is 0. The van der Waals surface area contributed by atoms with Crippen molar-refractivity contribution < 1.29 is 14.6 Å². The number of carbonyl (C=O) groups is 1. The normalized spacial score (nSPS) is 16.1. The van der Waals surface area contributed by atoms with Crippen LogP contribution in [-0.2, 0) is 9.53 Å². The van der Waals surface area contributed by atoms with Crippen molar-refractivity contribution in [2.75, 3.05) is 26.3 Å². The van der Waals surface area contributed by atoms with Crippen LogP contribution in [0.2, 0.25) is 0 Å². The second-order valence-electron chi connectivity index (χ2n) is 3.62. The maximum Gasteiger partial charge on any atom is 0.305 e. The van der Waals surface area contributed by atoms with E-state index in [1.54, 1.807) is 0 Å². The van der Waals surface area contributed by atoms with Gasteiger partial charge in [0.05, 0.1) is 19.6 Å². The van der Waals surface area contributed by atoms with Gasteiger partial charge in [0.25, 0.3) is 0 Å². The lowest BCUT2D eigenvalue weighted by molar-refractivity contribution is -0.138. The molecule has 0 atom stereocenters. The van der Waals surface area contributed by atoms with E-state index in [0.29, 0.717) is 13.2 Å². The molecule has 0 aromatic carbocycles. The molecule has 14 heavy (non-hydrogen) atoms. The number of carboxylic acid groups (broad SMARTS) is 1. The van der Waals surface area contributed by atoms with Crippen molar-refractivity contribution in [3.8, 4) is 0 Å². The van der Waals surface area contributed by atoms with Crippen LogP contribution in [0.5, 0.6) is 0 Å². The van der Waals surface area contributed by atoms with E-state index in [1.165, 1.54) is 12.8 Å². The number of hydrogen-bond donors (Lipinski definition) is 1. The molecule has 0 saturated heterocycles. The zero-order chi connectivity index (χ0) is 10.4. The van der Waals surface area contributed by atoms with Gasteiger partial charge >= 0.3 is 5.97 Å². The molecule has 1 N–H and O–H groups in total. The fourth-order valence-electron chi connectivity index (χ4n) is 1.48. The third-order valence-electron chi connectivity index (χ3n) is 2.45. The lowest BCUT2D eigenvalue weighted by atomic mass is 10.4. The number of likely N-dealkylation sites (N-methyl/N-ethyl adjacent to an activating group) is 1. The lowest BCUT2D eigenvalue weighted by Crippen LogP contribution is -2.29. The van der Waals surface area contributed by atoms with Crippen LogP contribution in [0, 0.1) is 0 Å². The third kappa shape index (κ3) is 4.58. The minimum atomic E-state index is -0.792. The summed E-state index contributed by atoms with van der Waals surface area (Å²) in [6.07, 6.45) is 2.72. The van der Waals surface area contributed by atoms with Gasteiger partial charge in [-0.25, -0.2) is 0 Å². The van der Waals surface area contributed by atoms with E-state index >= 15 is 0 Å². The standard InChI is InChI=1S/C10H19NO3/c1-2-11(9-3-4-9)6-8-14-7-5-10(12)13/h9H,2-8H2,1H3,(H,12,13). The van der Waals surface area contributed by atoms with Crippen LogP contribution in [-0.4, -0.2) is 48.3 Å². The number of hydrogen-bond acceptors (Lipinski definition) is 3. The summed E-state index contributed by atoms with van der Waals surface area (Å²) in [6, 6.07) is 0.767. The highest BCUT2D eigenvalue weighted by molar-refractivity contribution is 5.66. The zero-order valence-electron chi connectivity index (χ0n) is 8.74. The average molecular weight is 201 g/mol. The molecule has 1 aliphatic rings. The van der Waals surface area contributed by atoms with Crippen LogP contribution in [0.15, 0.2) is 0 Å². The first kappa shape index (κ1) is 11.5. The predicted octanol–water partition coefficient (Wildman–Crippen LogP) is 0.962. The van der Waals surface area contributed by atoms with Crippen LogP contribution < -0.4 is 0 Å².